The van der Waals surface area contributed by atoms with Crippen LogP contribution in [0.4, 0.5) is 0 Å². The van der Waals surface area contributed by atoms with Gasteiger partial charge in [0.2, 0.25) is 9.84 Å². The molecule has 4 heterocycles. The smallest absolute Gasteiger partial charge is 0.389 e. The predicted molar refractivity (Wildman–Crippen MR) is 80.0 cm³/mol. The minimum atomic E-state index is -3.60. The van der Waals surface area contributed by atoms with Crippen molar-refractivity contribution in [3.63, 3.8) is 0 Å². The third-order valence-corrected chi connectivity index (χ3v) is 5.02. The van der Waals surface area contributed by atoms with Gasteiger partial charge in [-0.2, -0.15) is 0 Å². The summed E-state index contributed by atoms with van der Waals surface area (Å²) >= 11 is 0. The third-order valence-electron chi connectivity index (χ3n) is 3.23. The van der Waals surface area contributed by atoms with Gasteiger partial charge in [0.1, 0.15) is 11.5 Å². The van der Waals surface area contributed by atoms with Crippen LogP contribution in [0.5, 0.6) is 11.5 Å². The molecule has 0 radical (unpaired) electrons. The first-order valence-corrected chi connectivity index (χ1v) is 8.44. The van der Waals surface area contributed by atoms with Crippen molar-refractivity contribution in [2.24, 2.45) is 0 Å². The summed E-state index contributed by atoms with van der Waals surface area (Å²) in [6, 6.07) is 11.6. The van der Waals surface area contributed by atoms with E-state index in [-0.39, 0.29) is 16.4 Å². The Labute approximate surface area is 133 Å². The normalized spacial score (nSPS) is 15.9. The zero-order valence-electron chi connectivity index (χ0n) is 12.3. The van der Waals surface area contributed by atoms with Crippen LogP contribution in [0.3, 0.4) is 0 Å². The molecular formula is C16H14O6S. The summed E-state index contributed by atoms with van der Waals surface area (Å²) in [6.45, 7) is 1.87. The zero-order chi connectivity index (χ0) is 16.4. The second-order valence-electron chi connectivity index (χ2n) is 4.77. The summed E-state index contributed by atoms with van der Waals surface area (Å²) in [5.74, 6) is -0.0562. The Hall–Kier alpha value is -2.54. The lowest BCUT2D eigenvalue weighted by molar-refractivity contribution is -0.165. The Kier molecular flexibility index (Phi) is 3.96. The number of hydrogen-bond donors (Lipinski definition) is 0. The molecule has 0 unspecified atom stereocenters. The Morgan fingerprint density at radius 2 is 1.39 bits per heavy atom. The maximum absolute atomic E-state index is 12.5. The Balaban J connectivity index is 2.09. The first kappa shape index (κ1) is 15.4. The van der Waals surface area contributed by atoms with Gasteiger partial charge in [-0.1, -0.05) is 0 Å². The highest BCUT2D eigenvalue weighted by molar-refractivity contribution is 7.91. The molecule has 4 bridgehead atoms. The summed E-state index contributed by atoms with van der Waals surface area (Å²) in [7, 11) is -3.60. The number of ether oxygens (including phenoxy) is 3. The molecule has 2 aromatic carbocycles. The number of esters is 1. The molecule has 0 fully saturated rings. The van der Waals surface area contributed by atoms with Crippen LogP contribution in [0.1, 0.15) is 6.92 Å². The average molecular weight is 334 g/mol. The molecule has 0 atom stereocenters. The third kappa shape index (κ3) is 3.00. The van der Waals surface area contributed by atoms with Gasteiger partial charge in [-0.3, -0.25) is 0 Å². The molecule has 120 valence electrons. The van der Waals surface area contributed by atoms with Crippen molar-refractivity contribution in [3.8, 4) is 11.5 Å². The number of hydrogen-bond acceptors (Lipinski definition) is 6. The summed E-state index contributed by atoms with van der Waals surface area (Å²) in [4.78, 5) is 12.3. The summed E-state index contributed by atoms with van der Waals surface area (Å²) in [6.07, 6.45) is -1.28. The van der Waals surface area contributed by atoms with Crippen LogP contribution in [0, 0.1) is 0 Å². The molecule has 0 saturated heterocycles. The molecule has 0 aromatic heterocycles. The van der Waals surface area contributed by atoms with Crippen molar-refractivity contribution in [1.82, 2.24) is 0 Å². The predicted octanol–water partition coefficient (Wildman–Crippen LogP) is 2.18. The highest BCUT2D eigenvalue weighted by atomic mass is 32.2. The largest absolute Gasteiger partial charge is 0.460 e. The first-order valence-electron chi connectivity index (χ1n) is 6.96. The molecule has 6 nitrogen and oxygen atoms in total. The maximum atomic E-state index is 12.5. The highest BCUT2D eigenvalue weighted by Crippen LogP contribution is 2.27. The molecule has 2 aromatic rings. The van der Waals surface area contributed by atoms with Gasteiger partial charge >= 0.3 is 12.3 Å². The molecule has 0 aliphatic carbocycles. The molecule has 0 N–H and O–H groups in total. The summed E-state index contributed by atoms with van der Waals surface area (Å²) < 4.78 is 40.8. The van der Waals surface area contributed by atoms with Gasteiger partial charge in [0, 0.05) is 0 Å². The van der Waals surface area contributed by atoms with Gasteiger partial charge in [0.25, 0.3) is 0 Å². The molecule has 0 amide bonds. The summed E-state index contributed by atoms with van der Waals surface area (Å²) in [5, 5.41) is 0. The topological polar surface area (TPSA) is 78.9 Å². The van der Waals surface area contributed by atoms with E-state index in [1.54, 1.807) is 6.92 Å². The van der Waals surface area contributed by atoms with E-state index in [0.29, 0.717) is 11.5 Å². The van der Waals surface area contributed by atoms with Gasteiger partial charge in [-0.05, 0) is 55.5 Å². The van der Waals surface area contributed by atoms with E-state index >= 15 is 0 Å². The minimum Gasteiger partial charge on any atom is -0.460 e. The summed E-state index contributed by atoms with van der Waals surface area (Å²) in [5.41, 5.74) is 0. The Bertz CT molecular complexity index is 753. The van der Waals surface area contributed by atoms with Gasteiger partial charge in [0.05, 0.1) is 16.4 Å². The van der Waals surface area contributed by atoms with E-state index in [4.69, 9.17) is 14.2 Å². The fourth-order valence-corrected chi connectivity index (χ4v) is 3.37. The molecule has 4 aliphatic rings. The van der Waals surface area contributed by atoms with Crippen molar-refractivity contribution < 1.29 is 27.4 Å². The van der Waals surface area contributed by atoms with Crippen molar-refractivity contribution in [3.05, 3.63) is 48.5 Å². The van der Waals surface area contributed by atoms with E-state index in [2.05, 4.69) is 0 Å². The fourth-order valence-electron chi connectivity index (χ4n) is 2.11. The number of rotatable bonds is 2. The van der Waals surface area contributed by atoms with Crippen molar-refractivity contribution in [2.45, 2.75) is 23.0 Å². The lowest BCUT2D eigenvalue weighted by Crippen LogP contribution is -2.35. The number of carbonyl (C=O) groups excluding carboxylic acids is 1. The fraction of sp³-hybridized carbons (Fsp3) is 0.188. The van der Waals surface area contributed by atoms with Crippen LogP contribution < -0.4 is 9.47 Å². The Morgan fingerprint density at radius 3 is 1.78 bits per heavy atom. The van der Waals surface area contributed by atoms with E-state index in [0.717, 1.165) is 0 Å². The van der Waals surface area contributed by atoms with Crippen LogP contribution in [-0.4, -0.2) is 27.3 Å². The van der Waals surface area contributed by atoms with Gasteiger partial charge < -0.3 is 14.2 Å². The van der Waals surface area contributed by atoms with Crippen LogP contribution in [0.2, 0.25) is 0 Å². The molecular weight excluding hydrogens is 320 g/mol. The van der Waals surface area contributed by atoms with E-state index in [1.165, 1.54) is 48.5 Å². The molecule has 0 saturated carbocycles. The highest BCUT2D eigenvalue weighted by Gasteiger charge is 2.26. The lowest BCUT2D eigenvalue weighted by atomic mass is 10.3. The average Bonchev–Trinajstić information content (AvgIpc) is 2.54. The monoisotopic (exact) mass is 334 g/mol. The van der Waals surface area contributed by atoms with Crippen LogP contribution in [0.25, 0.3) is 0 Å². The molecule has 7 heteroatoms. The van der Waals surface area contributed by atoms with E-state index < -0.39 is 22.1 Å². The zero-order valence-corrected chi connectivity index (χ0v) is 13.1. The van der Waals surface area contributed by atoms with Crippen molar-refractivity contribution >= 4 is 15.8 Å². The molecule has 4 aliphatic heterocycles. The first-order chi connectivity index (χ1) is 11.0. The van der Waals surface area contributed by atoms with E-state index in [9.17, 15) is 13.2 Å². The van der Waals surface area contributed by atoms with Crippen LogP contribution >= 0.6 is 0 Å². The Morgan fingerprint density at radius 1 is 0.957 bits per heavy atom. The van der Waals surface area contributed by atoms with Crippen LogP contribution in [0.15, 0.2) is 58.3 Å². The van der Waals surface area contributed by atoms with Crippen molar-refractivity contribution in [1.29, 1.82) is 0 Å². The molecule has 23 heavy (non-hydrogen) atoms. The van der Waals surface area contributed by atoms with Crippen molar-refractivity contribution in [2.75, 3.05) is 6.61 Å². The standard InChI is InChI=1S/C16H14O6S/c1-2-20-15(17)16-21-11-3-7-13(8-4-11)23(18,19)14-9-5-12(22-16)6-10-14/h3-10,16H,2H2,1H3. The van der Waals surface area contributed by atoms with Gasteiger partial charge in [-0.15, -0.1) is 0 Å². The maximum Gasteiger partial charge on any atom is 0.389 e. The minimum absolute atomic E-state index is 0.145. The van der Waals surface area contributed by atoms with Gasteiger partial charge in [0.15, 0.2) is 0 Å². The quantitative estimate of drug-likeness (QED) is 0.783. The van der Waals surface area contributed by atoms with Gasteiger partial charge in [-0.25, -0.2) is 13.2 Å². The van der Waals surface area contributed by atoms with Crippen LogP contribution in [-0.2, 0) is 19.4 Å². The second-order valence-corrected chi connectivity index (χ2v) is 6.72. The lowest BCUT2D eigenvalue weighted by Gasteiger charge is -2.20. The number of carbonyl (C=O) groups is 1. The number of benzene rings is 2. The molecule has 0 spiro atoms. The number of sulfone groups is 1. The molecule has 6 rings (SSSR count). The SMILES string of the molecule is CCOC(=O)C1Oc2ccc(cc2)S(=O)(=O)c2ccc(cc2)O1. The second kappa shape index (κ2) is 5.92. The van der Waals surface area contributed by atoms with E-state index in [1.807, 2.05) is 0 Å².